The lowest BCUT2D eigenvalue weighted by Crippen LogP contribution is -2.35. The molecule has 0 bridgehead atoms. The van der Waals surface area contributed by atoms with E-state index < -0.39 is 27.8 Å². The molecule has 0 aliphatic heterocycles. The smallest absolute Gasteiger partial charge is 0.355 e. The standard InChI is InChI=1S/C36H35N3O5S2/c1-4-24(2)33-37-35(45-3)32(36(41)42)39(33)23-25-19-21-26(22-20-25)29-17-11-12-18-30(29)46(43,44)38-34(40)31(27-13-7-5-8-14-27)28-15-9-6-10-16-28/h5-22,24,31H,4,23H2,1-3H3,(H,38,40)(H,41,42). The Morgan fingerprint density at radius 3 is 1.98 bits per heavy atom. The Hall–Kier alpha value is -4.67. The number of carboxylic acids is 1. The Balaban J connectivity index is 1.45. The number of carboxylic acid groups (broad SMARTS) is 1. The van der Waals surface area contributed by atoms with Crippen LogP contribution in [0.1, 0.15) is 65.1 Å². The van der Waals surface area contributed by atoms with Gasteiger partial charge in [-0.05, 0) is 41.0 Å². The highest BCUT2D eigenvalue weighted by Gasteiger charge is 2.29. The van der Waals surface area contributed by atoms with Crippen LogP contribution >= 0.6 is 11.8 Å². The van der Waals surface area contributed by atoms with Gasteiger partial charge in [-0.2, -0.15) is 0 Å². The number of carbonyl (C=O) groups is 2. The van der Waals surface area contributed by atoms with Crippen molar-refractivity contribution in [3.63, 3.8) is 0 Å². The number of aromatic nitrogens is 2. The molecule has 5 rings (SSSR count). The van der Waals surface area contributed by atoms with Crippen molar-refractivity contribution < 1.29 is 23.1 Å². The first-order valence-corrected chi connectivity index (χ1v) is 17.6. The van der Waals surface area contributed by atoms with Crippen molar-refractivity contribution in [2.24, 2.45) is 0 Å². The summed E-state index contributed by atoms with van der Waals surface area (Å²) in [6.45, 7) is 4.36. The van der Waals surface area contributed by atoms with Gasteiger partial charge in [-0.25, -0.2) is 22.9 Å². The minimum Gasteiger partial charge on any atom is -0.476 e. The molecule has 8 nitrogen and oxygen atoms in total. The molecule has 1 atom stereocenters. The predicted octanol–water partition coefficient (Wildman–Crippen LogP) is 7.17. The van der Waals surface area contributed by atoms with Gasteiger partial charge < -0.3 is 9.67 Å². The van der Waals surface area contributed by atoms with E-state index in [4.69, 9.17) is 0 Å². The average Bonchev–Trinajstić information content (AvgIpc) is 3.44. The molecule has 46 heavy (non-hydrogen) atoms. The zero-order chi connectivity index (χ0) is 32.8. The number of hydrogen-bond donors (Lipinski definition) is 2. The van der Waals surface area contributed by atoms with Gasteiger partial charge >= 0.3 is 5.97 Å². The minimum absolute atomic E-state index is 0.0255. The summed E-state index contributed by atoms with van der Waals surface area (Å²) in [6, 6.07) is 32.0. The maximum atomic E-state index is 13.8. The maximum absolute atomic E-state index is 13.8. The Morgan fingerprint density at radius 2 is 1.43 bits per heavy atom. The van der Waals surface area contributed by atoms with E-state index in [0.29, 0.717) is 39.6 Å². The molecule has 1 unspecified atom stereocenters. The van der Waals surface area contributed by atoms with Gasteiger partial charge in [-0.3, -0.25) is 4.79 Å². The van der Waals surface area contributed by atoms with Crippen molar-refractivity contribution in [3.05, 3.63) is 137 Å². The van der Waals surface area contributed by atoms with Crippen molar-refractivity contribution in [2.45, 2.75) is 48.6 Å². The SMILES string of the molecule is CCC(C)c1nc(SC)c(C(=O)O)n1Cc1ccc(-c2ccccc2S(=O)(=O)NC(=O)C(c2ccccc2)c2ccccc2)cc1. The van der Waals surface area contributed by atoms with Crippen molar-refractivity contribution in [2.75, 3.05) is 6.26 Å². The van der Waals surface area contributed by atoms with E-state index in [1.54, 1.807) is 59.2 Å². The maximum Gasteiger partial charge on any atom is 0.355 e. The van der Waals surface area contributed by atoms with Gasteiger partial charge in [0, 0.05) is 18.0 Å². The van der Waals surface area contributed by atoms with E-state index in [1.807, 2.05) is 68.6 Å². The number of hydrogen-bond acceptors (Lipinski definition) is 6. The van der Waals surface area contributed by atoms with Gasteiger partial charge in [0.15, 0.2) is 5.69 Å². The molecular formula is C36H35N3O5S2. The topological polar surface area (TPSA) is 118 Å². The highest BCUT2D eigenvalue weighted by Crippen LogP contribution is 2.31. The van der Waals surface area contributed by atoms with Gasteiger partial charge in [0.1, 0.15) is 10.9 Å². The molecule has 1 heterocycles. The largest absolute Gasteiger partial charge is 0.476 e. The number of carbonyl (C=O) groups excluding carboxylic acids is 1. The number of sulfonamides is 1. The van der Waals surface area contributed by atoms with Crippen LogP contribution in [0.3, 0.4) is 0 Å². The molecule has 0 spiro atoms. The number of aromatic carboxylic acids is 1. The number of imidazole rings is 1. The lowest BCUT2D eigenvalue weighted by atomic mass is 9.91. The van der Waals surface area contributed by atoms with Gasteiger partial charge in [0.2, 0.25) is 5.91 Å². The van der Waals surface area contributed by atoms with Crippen LogP contribution in [-0.4, -0.2) is 41.2 Å². The molecule has 0 fully saturated rings. The third-order valence-corrected chi connectivity index (χ3v) is 10.0. The molecule has 10 heteroatoms. The molecule has 5 aromatic rings. The van der Waals surface area contributed by atoms with Crippen LogP contribution in [0.4, 0.5) is 0 Å². The third-order valence-electron chi connectivity index (χ3n) is 7.96. The van der Waals surface area contributed by atoms with Crippen LogP contribution in [-0.2, 0) is 21.4 Å². The Kier molecular flexibility index (Phi) is 10.1. The number of amides is 1. The summed E-state index contributed by atoms with van der Waals surface area (Å²) in [5.74, 6) is -1.74. The van der Waals surface area contributed by atoms with Crippen molar-refractivity contribution in [1.29, 1.82) is 0 Å². The summed E-state index contributed by atoms with van der Waals surface area (Å²) >= 11 is 1.30. The number of nitrogens with one attached hydrogen (secondary N) is 1. The second-order valence-corrected chi connectivity index (χ2v) is 13.4. The molecule has 1 aromatic heterocycles. The first kappa shape index (κ1) is 32.7. The van der Waals surface area contributed by atoms with E-state index in [1.165, 1.54) is 17.8 Å². The molecule has 0 saturated carbocycles. The second-order valence-electron chi connectivity index (χ2n) is 10.9. The second kappa shape index (κ2) is 14.2. The van der Waals surface area contributed by atoms with Crippen molar-refractivity contribution in [1.82, 2.24) is 14.3 Å². The fraction of sp³-hybridized carbons (Fsp3) is 0.194. The Labute approximate surface area is 273 Å². The monoisotopic (exact) mass is 653 g/mol. The summed E-state index contributed by atoms with van der Waals surface area (Å²) in [6.07, 6.45) is 2.62. The fourth-order valence-electron chi connectivity index (χ4n) is 5.46. The van der Waals surface area contributed by atoms with E-state index >= 15 is 0 Å². The van der Waals surface area contributed by atoms with Crippen molar-refractivity contribution in [3.8, 4) is 11.1 Å². The molecule has 0 saturated heterocycles. The summed E-state index contributed by atoms with van der Waals surface area (Å²) in [5, 5.41) is 10.5. The first-order valence-electron chi connectivity index (χ1n) is 14.9. The molecule has 4 aromatic carbocycles. The predicted molar refractivity (Wildman–Crippen MR) is 181 cm³/mol. The lowest BCUT2D eigenvalue weighted by Gasteiger charge is -2.19. The van der Waals surface area contributed by atoms with Gasteiger partial charge in [-0.1, -0.05) is 117 Å². The lowest BCUT2D eigenvalue weighted by molar-refractivity contribution is -0.119. The van der Waals surface area contributed by atoms with Crippen LogP contribution < -0.4 is 4.72 Å². The molecular weight excluding hydrogens is 619 g/mol. The van der Waals surface area contributed by atoms with E-state index in [-0.39, 0.29) is 16.5 Å². The summed E-state index contributed by atoms with van der Waals surface area (Å²) < 4.78 is 31.6. The molecule has 0 radical (unpaired) electrons. The highest BCUT2D eigenvalue weighted by molar-refractivity contribution is 7.98. The fourth-order valence-corrected chi connectivity index (χ4v) is 7.26. The van der Waals surface area contributed by atoms with Crippen LogP contribution in [0, 0.1) is 0 Å². The van der Waals surface area contributed by atoms with Crippen LogP contribution in [0.15, 0.2) is 119 Å². The zero-order valence-electron chi connectivity index (χ0n) is 25.8. The molecule has 2 N–H and O–H groups in total. The number of nitrogens with zero attached hydrogens (tertiary/aromatic N) is 2. The quantitative estimate of drug-likeness (QED) is 0.137. The highest BCUT2D eigenvalue weighted by atomic mass is 32.2. The normalized spacial score (nSPS) is 12.2. The van der Waals surface area contributed by atoms with Crippen LogP contribution in [0.2, 0.25) is 0 Å². The summed E-state index contributed by atoms with van der Waals surface area (Å²) in [5.41, 5.74) is 3.41. The van der Waals surface area contributed by atoms with E-state index in [0.717, 1.165) is 12.0 Å². The Morgan fingerprint density at radius 1 is 0.870 bits per heavy atom. The van der Waals surface area contributed by atoms with Gasteiger partial charge in [-0.15, -0.1) is 11.8 Å². The van der Waals surface area contributed by atoms with Crippen molar-refractivity contribution >= 4 is 33.7 Å². The van der Waals surface area contributed by atoms with Gasteiger partial charge in [0.05, 0.1) is 10.8 Å². The summed E-state index contributed by atoms with van der Waals surface area (Å²) in [4.78, 5) is 30.5. The molecule has 1 amide bonds. The molecule has 0 aliphatic carbocycles. The van der Waals surface area contributed by atoms with E-state index in [2.05, 4.69) is 9.71 Å². The van der Waals surface area contributed by atoms with E-state index in [9.17, 15) is 23.1 Å². The molecule has 0 aliphatic rings. The number of benzene rings is 4. The first-order chi connectivity index (χ1) is 22.1. The zero-order valence-corrected chi connectivity index (χ0v) is 27.4. The van der Waals surface area contributed by atoms with Crippen LogP contribution in [0.5, 0.6) is 0 Å². The number of rotatable bonds is 12. The van der Waals surface area contributed by atoms with Crippen LogP contribution in [0.25, 0.3) is 11.1 Å². The average molecular weight is 654 g/mol. The third kappa shape index (κ3) is 6.93. The summed E-state index contributed by atoms with van der Waals surface area (Å²) in [7, 11) is -4.27. The molecule has 236 valence electrons. The number of thioether (sulfide) groups is 1. The van der Waals surface area contributed by atoms with Gasteiger partial charge in [0.25, 0.3) is 10.0 Å². The minimum atomic E-state index is -4.27. The Bertz CT molecular complexity index is 1900.